The van der Waals surface area contributed by atoms with E-state index in [4.69, 9.17) is 21.1 Å². The number of hydrogen-bond donors (Lipinski definition) is 1. The summed E-state index contributed by atoms with van der Waals surface area (Å²) in [6.45, 7) is 8.06. The van der Waals surface area contributed by atoms with Crippen LogP contribution in [0.3, 0.4) is 0 Å². The molecule has 1 amide bonds. The Morgan fingerprint density at radius 1 is 1.09 bits per heavy atom. The van der Waals surface area contributed by atoms with E-state index in [1.165, 1.54) is 6.92 Å². The summed E-state index contributed by atoms with van der Waals surface area (Å²) in [6, 6.07) is 14.9. The third kappa shape index (κ3) is 5.68. The van der Waals surface area contributed by atoms with Crippen LogP contribution in [0.4, 0.5) is 5.69 Å². The molecule has 0 radical (unpaired) electrons. The molecular weight excluding hydrogens is 430 g/mol. The molecule has 0 aliphatic rings. The van der Waals surface area contributed by atoms with E-state index in [1.54, 1.807) is 35.9 Å². The largest absolute Gasteiger partial charge is 0.494 e. The van der Waals surface area contributed by atoms with Gasteiger partial charge in [0.05, 0.1) is 18.8 Å². The Bertz CT molecular complexity index is 1090. The standard InChI is InChI=1S/C24H26ClN3O4/c1-5-31-20-12-10-19(11-13-20)26-23(29)17(4)32-24(30)21-16(3)27-28(22(21)25)14-18-8-6-15(2)7-9-18/h6-13,17H,5,14H2,1-4H3,(H,26,29). The fraction of sp³-hybridized carbons (Fsp3) is 0.292. The van der Waals surface area contributed by atoms with Gasteiger partial charge in [-0.1, -0.05) is 41.4 Å². The van der Waals surface area contributed by atoms with Crippen LogP contribution < -0.4 is 10.1 Å². The molecule has 8 heteroatoms. The molecule has 3 rings (SSSR count). The average molecular weight is 456 g/mol. The van der Waals surface area contributed by atoms with E-state index in [-0.39, 0.29) is 10.7 Å². The topological polar surface area (TPSA) is 82.4 Å². The molecule has 1 unspecified atom stereocenters. The first kappa shape index (κ1) is 23.3. The normalized spacial score (nSPS) is 11.7. The first-order valence-electron chi connectivity index (χ1n) is 10.3. The zero-order valence-electron chi connectivity index (χ0n) is 18.5. The van der Waals surface area contributed by atoms with Gasteiger partial charge in [0, 0.05) is 5.69 Å². The average Bonchev–Trinajstić information content (AvgIpc) is 3.04. The van der Waals surface area contributed by atoms with Crippen LogP contribution in [0.1, 0.15) is 41.0 Å². The summed E-state index contributed by atoms with van der Waals surface area (Å²) >= 11 is 6.43. The first-order chi connectivity index (χ1) is 15.3. The number of nitrogens with one attached hydrogen (secondary N) is 1. The van der Waals surface area contributed by atoms with E-state index in [1.807, 2.05) is 38.1 Å². The zero-order chi connectivity index (χ0) is 23.3. The van der Waals surface area contributed by atoms with Gasteiger partial charge in [-0.2, -0.15) is 5.10 Å². The molecule has 7 nitrogen and oxygen atoms in total. The molecule has 0 aliphatic heterocycles. The third-order valence-corrected chi connectivity index (χ3v) is 5.19. The van der Waals surface area contributed by atoms with E-state index < -0.39 is 18.0 Å². The Balaban J connectivity index is 1.64. The van der Waals surface area contributed by atoms with Gasteiger partial charge >= 0.3 is 5.97 Å². The van der Waals surface area contributed by atoms with E-state index >= 15 is 0 Å². The Labute approximate surface area is 192 Å². The van der Waals surface area contributed by atoms with Crippen molar-refractivity contribution in [1.29, 1.82) is 0 Å². The van der Waals surface area contributed by atoms with Crippen molar-refractivity contribution in [1.82, 2.24) is 9.78 Å². The number of aryl methyl sites for hydroxylation is 2. The number of esters is 1. The quantitative estimate of drug-likeness (QED) is 0.494. The van der Waals surface area contributed by atoms with Crippen molar-refractivity contribution in [3.05, 3.63) is 76.1 Å². The molecule has 1 heterocycles. The van der Waals surface area contributed by atoms with Crippen LogP contribution in [-0.2, 0) is 16.1 Å². The lowest BCUT2D eigenvalue weighted by molar-refractivity contribution is -0.123. The van der Waals surface area contributed by atoms with Crippen molar-refractivity contribution in [2.24, 2.45) is 0 Å². The number of benzene rings is 2. The summed E-state index contributed by atoms with van der Waals surface area (Å²) in [6.07, 6.45) is -1.02. The van der Waals surface area contributed by atoms with Crippen molar-refractivity contribution < 1.29 is 19.1 Å². The highest BCUT2D eigenvalue weighted by Gasteiger charge is 2.26. The second-order valence-electron chi connectivity index (χ2n) is 7.39. The van der Waals surface area contributed by atoms with Crippen molar-refractivity contribution in [3.8, 4) is 5.75 Å². The maximum Gasteiger partial charge on any atom is 0.343 e. The summed E-state index contributed by atoms with van der Waals surface area (Å²) in [7, 11) is 0. The van der Waals surface area contributed by atoms with E-state index in [2.05, 4.69) is 10.4 Å². The second kappa shape index (κ2) is 10.3. The van der Waals surface area contributed by atoms with Crippen molar-refractivity contribution in [2.75, 3.05) is 11.9 Å². The molecule has 3 aromatic rings. The van der Waals surface area contributed by atoms with E-state index in [0.29, 0.717) is 30.3 Å². The number of rotatable bonds is 8. The van der Waals surface area contributed by atoms with Gasteiger partial charge in [-0.25, -0.2) is 9.48 Å². The van der Waals surface area contributed by atoms with Gasteiger partial charge in [0.25, 0.3) is 5.91 Å². The zero-order valence-corrected chi connectivity index (χ0v) is 19.3. The van der Waals surface area contributed by atoms with Crippen LogP contribution in [0.25, 0.3) is 0 Å². The highest BCUT2D eigenvalue weighted by Crippen LogP contribution is 2.23. The highest BCUT2D eigenvalue weighted by molar-refractivity contribution is 6.32. The van der Waals surface area contributed by atoms with Gasteiger partial charge in [-0.15, -0.1) is 0 Å². The summed E-state index contributed by atoms with van der Waals surface area (Å²) in [5.41, 5.74) is 3.31. The maximum atomic E-state index is 12.7. The summed E-state index contributed by atoms with van der Waals surface area (Å²) in [5, 5.41) is 7.25. The lowest BCUT2D eigenvalue weighted by Crippen LogP contribution is -2.30. The molecule has 0 spiro atoms. The number of carbonyl (C=O) groups is 2. The molecule has 1 atom stereocenters. The molecule has 0 aliphatic carbocycles. The number of ether oxygens (including phenoxy) is 2. The molecule has 1 N–H and O–H groups in total. The predicted octanol–water partition coefficient (Wildman–Crippen LogP) is 4.78. The number of nitrogens with zero attached hydrogens (tertiary/aromatic N) is 2. The molecule has 32 heavy (non-hydrogen) atoms. The number of halogens is 1. The predicted molar refractivity (Wildman–Crippen MR) is 123 cm³/mol. The molecule has 0 bridgehead atoms. The fourth-order valence-electron chi connectivity index (χ4n) is 3.07. The smallest absolute Gasteiger partial charge is 0.343 e. The van der Waals surface area contributed by atoms with Crippen LogP contribution in [0, 0.1) is 13.8 Å². The molecule has 2 aromatic carbocycles. The van der Waals surface area contributed by atoms with Gasteiger partial charge in [-0.3, -0.25) is 4.79 Å². The van der Waals surface area contributed by atoms with Gasteiger partial charge in [-0.05, 0) is 57.5 Å². The van der Waals surface area contributed by atoms with Gasteiger partial charge in [0.2, 0.25) is 0 Å². The molecule has 0 fully saturated rings. The Morgan fingerprint density at radius 3 is 2.38 bits per heavy atom. The summed E-state index contributed by atoms with van der Waals surface area (Å²) in [5.74, 6) is -0.446. The van der Waals surface area contributed by atoms with E-state index in [9.17, 15) is 9.59 Å². The van der Waals surface area contributed by atoms with Crippen molar-refractivity contribution in [2.45, 2.75) is 40.3 Å². The number of amides is 1. The molecule has 0 saturated carbocycles. The fourth-order valence-corrected chi connectivity index (χ4v) is 3.39. The lowest BCUT2D eigenvalue weighted by atomic mass is 10.1. The van der Waals surface area contributed by atoms with Crippen LogP contribution in [0.2, 0.25) is 5.15 Å². The van der Waals surface area contributed by atoms with Gasteiger partial charge in [0.1, 0.15) is 16.5 Å². The lowest BCUT2D eigenvalue weighted by Gasteiger charge is -2.14. The third-order valence-electron chi connectivity index (χ3n) is 4.81. The molecule has 168 valence electrons. The highest BCUT2D eigenvalue weighted by atomic mass is 35.5. The second-order valence-corrected chi connectivity index (χ2v) is 7.75. The number of carbonyl (C=O) groups excluding carboxylic acids is 2. The van der Waals surface area contributed by atoms with Crippen molar-refractivity contribution >= 4 is 29.2 Å². The van der Waals surface area contributed by atoms with Crippen LogP contribution in [-0.4, -0.2) is 34.4 Å². The number of hydrogen-bond acceptors (Lipinski definition) is 5. The Morgan fingerprint density at radius 2 is 1.75 bits per heavy atom. The minimum Gasteiger partial charge on any atom is -0.494 e. The van der Waals surface area contributed by atoms with Crippen LogP contribution in [0.15, 0.2) is 48.5 Å². The summed E-state index contributed by atoms with van der Waals surface area (Å²) in [4.78, 5) is 25.2. The first-order valence-corrected chi connectivity index (χ1v) is 10.7. The number of anilines is 1. The SMILES string of the molecule is CCOc1ccc(NC(=O)C(C)OC(=O)c2c(C)nn(Cc3ccc(C)cc3)c2Cl)cc1. The van der Waals surface area contributed by atoms with Crippen molar-refractivity contribution in [3.63, 3.8) is 0 Å². The maximum absolute atomic E-state index is 12.7. The number of aromatic nitrogens is 2. The van der Waals surface area contributed by atoms with E-state index in [0.717, 1.165) is 11.1 Å². The minimum absolute atomic E-state index is 0.152. The molecule has 0 saturated heterocycles. The monoisotopic (exact) mass is 455 g/mol. The molecule has 1 aromatic heterocycles. The Kier molecular flexibility index (Phi) is 7.53. The van der Waals surface area contributed by atoms with Gasteiger partial charge in [0.15, 0.2) is 6.10 Å². The summed E-state index contributed by atoms with van der Waals surface area (Å²) < 4.78 is 12.3. The van der Waals surface area contributed by atoms with Crippen LogP contribution in [0.5, 0.6) is 5.75 Å². The Hall–Kier alpha value is -3.32. The van der Waals surface area contributed by atoms with Gasteiger partial charge < -0.3 is 14.8 Å². The molecular formula is C24H26ClN3O4. The minimum atomic E-state index is -1.02. The van der Waals surface area contributed by atoms with Crippen LogP contribution >= 0.6 is 11.6 Å².